The van der Waals surface area contributed by atoms with E-state index in [2.05, 4.69) is 23.0 Å². The average molecular weight is 280 g/mol. The molecule has 0 spiro atoms. The molecule has 2 aromatic rings. The Morgan fingerprint density at radius 1 is 1.56 bits per heavy atom. The zero-order valence-corrected chi connectivity index (χ0v) is 11.5. The fourth-order valence-electron chi connectivity index (χ4n) is 1.87. The van der Waals surface area contributed by atoms with Crippen LogP contribution >= 0.6 is 23.1 Å². The molecule has 1 saturated heterocycles. The monoisotopic (exact) mass is 280 g/mol. The van der Waals surface area contributed by atoms with E-state index in [9.17, 15) is 4.79 Å². The van der Waals surface area contributed by atoms with Crippen molar-refractivity contribution in [2.45, 2.75) is 30.0 Å². The molecule has 0 amide bonds. The second-order valence-electron chi connectivity index (χ2n) is 4.03. The molecule has 1 aliphatic heterocycles. The lowest BCUT2D eigenvalue weighted by atomic mass is 10.3. The number of nitrogens with zero attached hydrogens (tertiary/aromatic N) is 2. The summed E-state index contributed by atoms with van der Waals surface area (Å²) in [5.41, 5.74) is 0. The van der Waals surface area contributed by atoms with Gasteiger partial charge in [0.2, 0.25) is 0 Å². The second kappa shape index (κ2) is 4.85. The Balaban J connectivity index is 1.95. The maximum absolute atomic E-state index is 11.5. The van der Waals surface area contributed by atoms with Crippen molar-refractivity contribution in [2.24, 2.45) is 0 Å². The first kappa shape index (κ1) is 11.9. The third-order valence-corrected chi connectivity index (χ3v) is 5.28. The van der Waals surface area contributed by atoms with Gasteiger partial charge in [0.15, 0.2) is 0 Å². The Bertz CT molecular complexity index is 597. The molecule has 0 saturated carbocycles. The van der Waals surface area contributed by atoms with Crippen molar-refractivity contribution in [2.75, 3.05) is 6.61 Å². The van der Waals surface area contributed by atoms with Crippen LogP contribution in [0.5, 0.6) is 0 Å². The molecule has 6 heteroatoms. The van der Waals surface area contributed by atoms with Gasteiger partial charge in [0.25, 0.3) is 0 Å². The van der Waals surface area contributed by atoms with Gasteiger partial charge in [-0.1, -0.05) is 18.7 Å². The fraction of sp³-hybridized carbons (Fsp3) is 0.417. The number of rotatable bonds is 3. The van der Waals surface area contributed by atoms with Gasteiger partial charge in [-0.15, -0.1) is 11.3 Å². The molecule has 0 unspecified atom stereocenters. The second-order valence-corrected chi connectivity index (χ2v) is 6.33. The van der Waals surface area contributed by atoms with Gasteiger partial charge in [-0.2, -0.15) is 0 Å². The zero-order valence-electron chi connectivity index (χ0n) is 9.88. The lowest BCUT2D eigenvalue weighted by Crippen LogP contribution is -2.09. The third kappa shape index (κ3) is 2.10. The molecule has 0 bridgehead atoms. The molecular formula is C12H12N2O2S2. The van der Waals surface area contributed by atoms with Gasteiger partial charge in [0.05, 0.1) is 6.61 Å². The molecule has 3 heterocycles. The molecule has 1 aliphatic rings. The number of aryl methyl sites for hydroxylation is 1. The first-order valence-corrected chi connectivity index (χ1v) is 7.54. The molecule has 3 rings (SSSR count). The Morgan fingerprint density at radius 3 is 3.17 bits per heavy atom. The Morgan fingerprint density at radius 2 is 2.44 bits per heavy atom. The predicted octanol–water partition coefficient (Wildman–Crippen LogP) is 2.66. The molecule has 0 radical (unpaired) electrons. The minimum atomic E-state index is -0.127. The largest absolute Gasteiger partial charge is 0.465 e. The number of ether oxygens (including phenoxy) is 1. The predicted molar refractivity (Wildman–Crippen MR) is 72.0 cm³/mol. The van der Waals surface area contributed by atoms with Gasteiger partial charge < -0.3 is 4.74 Å². The van der Waals surface area contributed by atoms with Crippen molar-refractivity contribution in [1.82, 2.24) is 9.97 Å². The van der Waals surface area contributed by atoms with Gasteiger partial charge in [-0.25, -0.2) is 9.97 Å². The summed E-state index contributed by atoms with van der Waals surface area (Å²) in [6.07, 6.45) is 3.33. The minimum absolute atomic E-state index is 0.118. The Labute approximate surface area is 113 Å². The highest BCUT2D eigenvalue weighted by Gasteiger charge is 2.28. The number of esters is 1. The molecule has 1 atom stereocenters. The van der Waals surface area contributed by atoms with E-state index in [1.54, 1.807) is 17.7 Å². The van der Waals surface area contributed by atoms with E-state index in [1.165, 1.54) is 16.6 Å². The van der Waals surface area contributed by atoms with Gasteiger partial charge in [-0.05, 0) is 12.5 Å². The summed E-state index contributed by atoms with van der Waals surface area (Å²) in [5, 5.41) is 1.83. The number of carbonyl (C=O) groups excluding carboxylic acids is 1. The molecule has 94 valence electrons. The summed E-state index contributed by atoms with van der Waals surface area (Å²) in [7, 11) is 0. The molecule has 4 nitrogen and oxygen atoms in total. The van der Waals surface area contributed by atoms with E-state index in [-0.39, 0.29) is 11.2 Å². The summed E-state index contributed by atoms with van der Waals surface area (Å²) in [5.74, 6) is -0.127. The standard InChI is InChI=1S/C12H12N2O2S2/c1-2-7-5-8-10(17-7)13-6-14-11(8)18-9-3-4-16-12(9)15/h5-6,9H,2-4H2,1H3/t9-/m1/s1. The lowest BCUT2D eigenvalue weighted by molar-refractivity contribution is -0.137. The molecule has 0 aliphatic carbocycles. The van der Waals surface area contributed by atoms with Crippen LogP contribution in [0.2, 0.25) is 0 Å². The van der Waals surface area contributed by atoms with E-state index in [4.69, 9.17) is 4.74 Å². The third-order valence-electron chi connectivity index (χ3n) is 2.83. The highest BCUT2D eigenvalue weighted by Crippen LogP contribution is 2.35. The number of hydrogen-bond acceptors (Lipinski definition) is 6. The molecule has 2 aromatic heterocycles. The van der Waals surface area contributed by atoms with Crippen LogP contribution in [0.3, 0.4) is 0 Å². The number of thioether (sulfide) groups is 1. The van der Waals surface area contributed by atoms with E-state index in [0.717, 1.165) is 28.1 Å². The Hall–Kier alpha value is -1.14. The highest BCUT2D eigenvalue weighted by atomic mass is 32.2. The minimum Gasteiger partial charge on any atom is -0.465 e. The number of aromatic nitrogens is 2. The van der Waals surface area contributed by atoms with Crippen LogP contribution in [-0.4, -0.2) is 27.8 Å². The van der Waals surface area contributed by atoms with Crippen LogP contribution in [0, 0.1) is 0 Å². The lowest BCUT2D eigenvalue weighted by Gasteiger charge is -2.04. The van der Waals surface area contributed by atoms with Gasteiger partial charge >= 0.3 is 5.97 Å². The van der Waals surface area contributed by atoms with Crippen LogP contribution in [0.4, 0.5) is 0 Å². The van der Waals surface area contributed by atoms with Crippen LogP contribution in [-0.2, 0) is 16.0 Å². The quantitative estimate of drug-likeness (QED) is 0.639. The highest BCUT2D eigenvalue weighted by molar-refractivity contribution is 8.00. The molecular weight excluding hydrogens is 268 g/mol. The smallest absolute Gasteiger partial charge is 0.319 e. The summed E-state index contributed by atoms with van der Waals surface area (Å²) in [6, 6.07) is 2.13. The van der Waals surface area contributed by atoms with Crippen molar-refractivity contribution in [3.05, 3.63) is 17.3 Å². The maximum atomic E-state index is 11.5. The molecule has 0 N–H and O–H groups in total. The fourth-order valence-corrected chi connectivity index (χ4v) is 3.91. The Kier molecular flexibility index (Phi) is 3.22. The van der Waals surface area contributed by atoms with Crippen molar-refractivity contribution >= 4 is 39.3 Å². The number of hydrogen-bond donors (Lipinski definition) is 0. The van der Waals surface area contributed by atoms with E-state index in [1.807, 2.05) is 0 Å². The van der Waals surface area contributed by atoms with Gasteiger partial charge in [0.1, 0.15) is 21.4 Å². The first-order valence-electron chi connectivity index (χ1n) is 5.84. The number of carbonyl (C=O) groups is 1. The molecule has 1 fully saturated rings. The van der Waals surface area contributed by atoms with E-state index < -0.39 is 0 Å². The number of cyclic esters (lactones) is 1. The summed E-state index contributed by atoms with van der Waals surface area (Å²) in [4.78, 5) is 22.4. The maximum Gasteiger partial charge on any atom is 0.319 e. The molecule has 18 heavy (non-hydrogen) atoms. The number of fused-ring (bicyclic) bond motifs is 1. The van der Waals surface area contributed by atoms with E-state index in [0.29, 0.717) is 6.61 Å². The SMILES string of the molecule is CCc1cc2c(S[C@@H]3CCOC3=O)ncnc2s1. The van der Waals surface area contributed by atoms with E-state index >= 15 is 0 Å². The topological polar surface area (TPSA) is 52.1 Å². The average Bonchev–Trinajstić information content (AvgIpc) is 2.96. The van der Waals surface area contributed by atoms with Crippen LogP contribution in [0.15, 0.2) is 17.4 Å². The molecule has 0 aromatic carbocycles. The van der Waals surface area contributed by atoms with Gasteiger partial charge in [-0.3, -0.25) is 4.79 Å². The van der Waals surface area contributed by atoms with Crippen LogP contribution in [0.1, 0.15) is 18.2 Å². The zero-order chi connectivity index (χ0) is 12.5. The summed E-state index contributed by atoms with van der Waals surface area (Å²) in [6.45, 7) is 2.65. The van der Waals surface area contributed by atoms with Crippen molar-refractivity contribution < 1.29 is 9.53 Å². The summed E-state index contributed by atoms with van der Waals surface area (Å²) < 4.78 is 4.98. The van der Waals surface area contributed by atoms with Crippen molar-refractivity contribution in [3.63, 3.8) is 0 Å². The normalized spacial score (nSPS) is 19.4. The number of thiophene rings is 1. The summed E-state index contributed by atoms with van der Waals surface area (Å²) >= 11 is 3.18. The van der Waals surface area contributed by atoms with Crippen LogP contribution < -0.4 is 0 Å². The van der Waals surface area contributed by atoms with Crippen LogP contribution in [0.25, 0.3) is 10.2 Å². The van der Waals surface area contributed by atoms with Crippen molar-refractivity contribution in [3.8, 4) is 0 Å². The van der Waals surface area contributed by atoms with Crippen molar-refractivity contribution in [1.29, 1.82) is 0 Å². The first-order chi connectivity index (χ1) is 8.78. The van der Waals surface area contributed by atoms with Gasteiger partial charge in [0, 0.05) is 16.7 Å².